The van der Waals surface area contributed by atoms with E-state index in [4.69, 9.17) is 0 Å². The minimum atomic E-state index is -4.43. The number of carbonyl (C=O) groups excluding carboxylic acids is 1. The summed E-state index contributed by atoms with van der Waals surface area (Å²) in [6.07, 6.45) is -1.87. The molecule has 1 N–H and O–H groups in total. The van der Waals surface area contributed by atoms with E-state index in [1.54, 1.807) is 18.2 Å². The first-order chi connectivity index (χ1) is 14.7. The topological polar surface area (TPSA) is 69.0 Å². The van der Waals surface area contributed by atoms with Gasteiger partial charge in [0, 0.05) is 29.3 Å². The van der Waals surface area contributed by atoms with E-state index in [-0.39, 0.29) is 18.0 Å². The largest absolute Gasteiger partial charge is 0.417 e. The fourth-order valence-electron chi connectivity index (χ4n) is 4.55. The molecule has 162 valence electrons. The molecule has 1 aliphatic carbocycles. The summed E-state index contributed by atoms with van der Waals surface area (Å²) < 4.78 is 38.8. The van der Waals surface area contributed by atoms with Gasteiger partial charge in [0.05, 0.1) is 22.8 Å². The van der Waals surface area contributed by atoms with Gasteiger partial charge in [0.2, 0.25) is 0 Å². The summed E-state index contributed by atoms with van der Waals surface area (Å²) in [6.45, 7) is 2.53. The molecule has 5 rings (SSSR count). The number of hydrogen-bond donors (Lipinski definition) is 1. The lowest BCUT2D eigenvalue weighted by molar-refractivity contribution is -0.137. The highest BCUT2D eigenvalue weighted by atomic mass is 79.9. The number of pyridine rings is 1. The molecule has 1 amide bonds. The summed E-state index contributed by atoms with van der Waals surface area (Å²) in [6, 6.07) is 9.27. The van der Waals surface area contributed by atoms with Crippen LogP contribution in [-0.4, -0.2) is 34.4 Å². The van der Waals surface area contributed by atoms with Gasteiger partial charge in [0.25, 0.3) is 5.91 Å². The summed E-state index contributed by atoms with van der Waals surface area (Å²) in [5.74, 6) is 1.10. The van der Waals surface area contributed by atoms with Crippen LogP contribution in [0.1, 0.15) is 41.3 Å². The average molecular weight is 493 g/mol. The molecular formula is C22H20BrF3N4O. The van der Waals surface area contributed by atoms with Crippen LogP contribution < -0.4 is 5.32 Å². The summed E-state index contributed by atoms with van der Waals surface area (Å²) in [7, 11) is 0. The maximum atomic E-state index is 13.5. The van der Waals surface area contributed by atoms with Crippen LogP contribution in [0, 0.1) is 23.2 Å². The number of halogens is 4. The first-order valence-corrected chi connectivity index (χ1v) is 10.8. The molecule has 4 atom stereocenters. The number of amides is 1. The molecule has 1 saturated carbocycles. The number of rotatable bonds is 4. The normalized spacial score (nSPS) is 24.8. The van der Waals surface area contributed by atoms with Crippen LogP contribution in [0.25, 0.3) is 0 Å². The highest BCUT2D eigenvalue weighted by molar-refractivity contribution is 9.10. The van der Waals surface area contributed by atoms with Gasteiger partial charge in [-0.25, -0.2) is 4.98 Å². The quantitative estimate of drug-likeness (QED) is 0.645. The highest BCUT2D eigenvalue weighted by Gasteiger charge is 2.51. The summed E-state index contributed by atoms with van der Waals surface area (Å²) in [4.78, 5) is 19.2. The molecule has 1 aromatic heterocycles. The van der Waals surface area contributed by atoms with E-state index >= 15 is 0 Å². The number of fused-ring (bicyclic) bond motifs is 2. The monoisotopic (exact) mass is 492 g/mol. The van der Waals surface area contributed by atoms with Gasteiger partial charge in [-0.3, -0.25) is 4.79 Å². The summed E-state index contributed by atoms with van der Waals surface area (Å²) in [5.41, 5.74) is 0.0470. The van der Waals surface area contributed by atoms with Gasteiger partial charge in [-0.15, -0.1) is 0 Å². The molecule has 31 heavy (non-hydrogen) atoms. The van der Waals surface area contributed by atoms with Crippen LogP contribution in [0.15, 0.2) is 41.0 Å². The fraction of sp³-hybridized carbons (Fsp3) is 0.409. The lowest BCUT2D eigenvalue weighted by Gasteiger charge is -2.58. The van der Waals surface area contributed by atoms with E-state index in [1.165, 1.54) is 6.07 Å². The standard InChI is InChI=1S/C22H20BrF3N4O/c1-12-14-7-16(11-29-20-5-3-15(10-28-20)22(24,25)26)30(19(12)8-14)21(31)17-6-13(9-27)2-4-18(17)23/h2-6,10,12,14,16,19H,7-8,11H2,1H3,(H,28,29)/t12-,14?,16-,19+/m0/s1. The third-order valence-electron chi connectivity index (χ3n) is 6.39. The number of alkyl halides is 3. The Morgan fingerprint density at radius 3 is 2.71 bits per heavy atom. The molecule has 5 nitrogen and oxygen atoms in total. The molecule has 9 heteroatoms. The minimum Gasteiger partial charge on any atom is -0.368 e. The molecule has 2 saturated heterocycles. The van der Waals surface area contributed by atoms with Crippen molar-refractivity contribution >= 4 is 27.7 Å². The second-order valence-electron chi connectivity index (χ2n) is 8.14. The SMILES string of the molecule is C[C@H]1C2C[C@@H](CNc3ccc(C(F)(F)F)cn3)N(C(=O)c3cc(C#N)ccc3Br)[C@@H]1C2. The van der Waals surface area contributed by atoms with Crippen LogP contribution in [0.2, 0.25) is 0 Å². The van der Waals surface area contributed by atoms with E-state index in [0.717, 1.165) is 25.1 Å². The lowest BCUT2D eigenvalue weighted by Crippen LogP contribution is -2.65. The maximum absolute atomic E-state index is 13.5. The third kappa shape index (κ3) is 4.13. The van der Waals surface area contributed by atoms with E-state index in [0.29, 0.717) is 39.8 Å². The van der Waals surface area contributed by atoms with E-state index < -0.39 is 11.7 Å². The molecular weight excluding hydrogens is 473 g/mol. The van der Waals surface area contributed by atoms with Gasteiger partial charge in [-0.05, 0) is 70.9 Å². The number of nitrogens with one attached hydrogen (secondary N) is 1. The molecule has 3 fully saturated rings. The fourth-order valence-corrected chi connectivity index (χ4v) is 4.97. The van der Waals surface area contributed by atoms with E-state index in [9.17, 15) is 23.2 Å². The predicted molar refractivity (Wildman–Crippen MR) is 112 cm³/mol. The van der Waals surface area contributed by atoms with Gasteiger partial charge < -0.3 is 10.2 Å². The van der Waals surface area contributed by atoms with Gasteiger partial charge in [-0.2, -0.15) is 18.4 Å². The number of aromatic nitrogens is 1. The van der Waals surface area contributed by atoms with Crippen LogP contribution in [0.4, 0.5) is 19.0 Å². The molecule has 3 heterocycles. The first-order valence-electron chi connectivity index (χ1n) is 9.98. The second-order valence-corrected chi connectivity index (χ2v) is 9.00. The number of piperidine rings is 2. The van der Waals surface area contributed by atoms with Crippen molar-refractivity contribution in [2.45, 2.75) is 38.0 Å². The number of benzene rings is 1. The summed E-state index contributed by atoms with van der Waals surface area (Å²) >= 11 is 3.42. The van der Waals surface area contributed by atoms with Gasteiger partial charge in [0.15, 0.2) is 0 Å². The Labute approximate surface area is 186 Å². The molecule has 0 radical (unpaired) electrons. The highest BCUT2D eigenvalue weighted by Crippen LogP contribution is 2.48. The number of nitrogens with zero attached hydrogens (tertiary/aromatic N) is 3. The van der Waals surface area contributed by atoms with Gasteiger partial charge in [-0.1, -0.05) is 6.92 Å². The van der Waals surface area contributed by atoms with Gasteiger partial charge in [0.1, 0.15) is 5.82 Å². The number of anilines is 1. The zero-order valence-corrected chi connectivity index (χ0v) is 18.2. The molecule has 3 aliphatic rings. The minimum absolute atomic E-state index is 0.108. The van der Waals surface area contributed by atoms with Crippen molar-refractivity contribution in [2.24, 2.45) is 11.8 Å². The van der Waals surface area contributed by atoms with Crippen molar-refractivity contribution in [3.8, 4) is 6.07 Å². The molecule has 2 bridgehead atoms. The number of carbonyl (C=O) groups is 1. The third-order valence-corrected chi connectivity index (χ3v) is 7.08. The van der Waals surface area contributed by atoms with Crippen molar-refractivity contribution < 1.29 is 18.0 Å². The Bertz CT molecular complexity index is 1030. The Hall–Kier alpha value is -2.60. The van der Waals surface area contributed by atoms with E-state index in [2.05, 4.69) is 39.2 Å². The molecule has 2 aliphatic heterocycles. The summed E-state index contributed by atoms with van der Waals surface area (Å²) in [5, 5.41) is 12.3. The Morgan fingerprint density at radius 1 is 1.32 bits per heavy atom. The average Bonchev–Trinajstić information content (AvgIpc) is 2.76. The second kappa shape index (κ2) is 8.15. The zero-order chi connectivity index (χ0) is 22.3. The van der Waals surface area contributed by atoms with Crippen molar-refractivity contribution in [1.82, 2.24) is 9.88 Å². The van der Waals surface area contributed by atoms with Crippen molar-refractivity contribution in [2.75, 3.05) is 11.9 Å². The Balaban J connectivity index is 1.53. The van der Waals surface area contributed by atoms with E-state index in [1.807, 2.05) is 4.90 Å². The maximum Gasteiger partial charge on any atom is 0.417 e. The van der Waals surface area contributed by atoms with Crippen LogP contribution in [0.5, 0.6) is 0 Å². The van der Waals surface area contributed by atoms with Crippen LogP contribution in [-0.2, 0) is 6.18 Å². The zero-order valence-electron chi connectivity index (χ0n) is 16.7. The van der Waals surface area contributed by atoms with Crippen LogP contribution >= 0.6 is 15.9 Å². The number of hydrogen-bond acceptors (Lipinski definition) is 4. The Morgan fingerprint density at radius 2 is 2.10 bits per heavy atom. The molecule has 0 spiro atoms. The predicted octanol–water partition coefficient (Wildman–Crippen LogP) is 5.09. The van der Waals surface area contributed by atoms with Crippen molar-refractivity contribution in [1.29, 1.82) is 5.26 Å². The van der Waals surface area contributed by atoms with Crippen LogP contribution in [0.3, 0.4) is 0 Å². The number of nitriles is 1. The first kappa shape index (κ1) is 21.6. The smallest absolute Gasteiger partial charge is 0.368 e. The lowest BCUT2D eigenvalue weighted by atomic mass is 9.62. The molecule has 1 unspecified atom stereocenters. The van der Waals surface area contributed by atoms with Crippen molar-refractivity contribution in [3.63, 3.8) is 0 Å². The molecule has 1 aromatic carbocycles. The van der Waals surface area contributed by atoms with Crippen molar-refractivity contribution in [3.05, 3.63) is 57.7 Å². The van der Waals surface area contributed by atoms with Gasteiger partial charge >= 0.3 is 6.18 Å². The Kier molecular flexibility index (Phi) is 5.69. The molecule has 2 aromatic rings.